The highest BCUT2D eigenvalue weighted by Crippen LogP contribution is 2.16. The Hall–Kier alpha value is -3.28. The Morgan fingerprint density at radius 3 is 2.59 bits per heavy atom. The smallest absolute Gasteiger partial charge is 0.339 e. The number of nitrogens with zero attached hydrogens (tertiary/aromatic N) is 2. The number of halogens is 1. The van der Waals surface area contributed by atoms with Gasteiger partial charge in [-0.15, -0.1) is 0 Å². The number of methoxy groups -OCH3 is 1. The van der Waals surface area contributed by atoms with Crippen molar-refractivity contribution in [3.63, 3.8) is 0 Å². The van der Waals surface area contributed by atoms with E-state index in [9.17, 15) is 22.4 Å². The van der Waals surface area contributed by atoms with Crippen LogP contribution in [0.4, 0.5) is 21.0 Å². The molecular formula is C15H16FN5O5S. The average molecular weight is 397 g/mol. The number of carbonyl (C=O) groups is 2. The molecule has 0 aliphatic carbocycles. The maximum absolute atomic E-state index is 13.5. The van der Waals surface area contributed by atoms with Crippen molar-refractivity contribution >= 4 is 33.8 Å². The maximum Gasteiger partial charge on any atom is 0.339 e. The lowest BCUT2D eigenvalue weighted by atomic mass is 10.2. The molecule has 2 rings (SSSR count). The number of hydrogen-bond donors (Lipinski definition) is 3. The van der Waals surface area contributed by atoms with Gasteiger partial charge in [-0.05, 0) is 19.1 Å². The topological polar surface area (TPSA) is 139 Å². The molecular weight excluding hydrogens is 381 g/mol. The number of carbonyl (C=O) groups excluding carboxylic acids is 2. The minimum atomic E-state index is -4.42. The molecule has 0 atom stereocenters. The SMILES string of the molecule is CCNc1cc(F)nc(NC(=O)NS(=O)(=O)c2ccccc2C(=O)OC)n1. The largest absolute Gasteiger partial charge is 0.465 e. The first-order chi connectivity index (χ1) is 12.8. The fourth-order valence-electron chi connectivity index (χ4n) is 2.03. The van der Waals surface area contributed by atoms with Crippen LogP contribution in [0.3, 0.4) is 0 Å². The summed E-state index contributed by atoms with van der Waals surface area (Å²) in [5, 5.41) is 4.75. The number of sulfonamides is 1. The van der Waals surface area contributed by atoms with Gasteiger partial charge in [0.05, 0.1) is 12.7 Å². The second kappa shape index (κ2) is 8.40. The van der Waals surface area contributed by atoms with Crippen LogP contribution in [0.2, 0.25) is 0 Å². The number of amides is 2. The molecule has 0 aliphatic heterocycles. The van der Waals surface area contributed by atoms with Gasteiger partial charge in [-0.25, -0.2) is 22.7 Å². The van der Waals surface area contributed by atoms with E-state index in [1.165, 1.54) is 18.2 Å². The molecule has 144 valence electrons. The molecule has 2 amide bonds. The Bertz CT molecular complexity index is 967. The summed E-state index contributed by atoms with van der Waals surface area (Å²) in [6, 6.07) is 4.95. The fourth-order valence-corrected chi connectivity index (χ4v) is 3.13. The van der Waals surface area contributed by atoms with E-state index in [0.29, 0.717) is 6.54 Å². The van der Waals surface area contributed by atoms with E-state index in [1.807, 2.05) is 5.32 Å². The lowest BCUT2D eigenvalue weighted by Gasteiger charge is -2.11. The highest BCUT2D eigenvalue weighted by Gasteiger charge is 2.25. The molecule has 0 unspecified atom stereocenters. The van der Waals surface area contributed by atoms with Gasteiger partial charge >= 0.3 is 12.0 Å². The normalized spacial score (nSPS) is 10.8. The highest BCUT2D eigenvalue weighted by atomic mass is 32.2. The Labute approximate surface area is 154 Å². The van der Waals surface area contributed by atoms with Crippen molar-refractivity contribution in [3.05, 3.63) is 41.8 Å². The molecule has 3 N–H and O–H groups in total. The van der Waals surface area contributed by atoms with Gasteiger partial charge in [0.25, 0.3) is 10.0 Å². The minimum Gasteiger partial charge on any atom is -0.465 e. The van der Waals surface area contributed by atoms with Crippen LogP contribution in [0.15, 0.2) is 35.2 Å². The molecule has 0 aliphatic rings. The van der Waals surface area contributed by atoms with E-state index in [0.717, 1.165) is 19.2 Å². The first kappa shape index (κ1) is 20.0. The number of hydrogen-bond acceptors (Lipinski definition) is 8. The highest BCUT2D eigenvalue weighted by molar-refractivity contribution is 7.90. The Balaban J connectivity index is 2.22. The Kier molecular flexibility index (Phi) is 6.23. The van der Waals surface area contributed by atoms with Gasteiger partial charge in [-0.1, -0.05) is 12.1 Å². The van der Waals surface area contributed by atoms with E-state index in [2.05, 4.69) is 20.0 Å². The molecule has 0 radical (unpaired) electrons. The summed E-state index contributed by atoms with van der Waals surface area (Å²) in [6.45, 7) is 2.20. The van der Waals surface area contributed by atoms with Crippen molar-refractivity contribution in [2.75, 3.05) is 24.3 Å². The quantitative estimate of drug-likeness (QED) is 0.490. The second-order valence-electron chi connectivity index (χ2n) is 4.98. The third-order valence-electron chi connectivity index (χ3n) is 3.09. The van der Waals surface area contributed by atoms with Crippen LogP contribution in [0.25, 0.3) is 0 Å². The molecule has 0 fully saturated rings. The Morgan fingerprint density at radius 2 is 1.93 bits per heavy atom. The summed E-state index contributed by atoms with van der Waals surface area (Å²) in [5.74, 6) is -2.14. The van der Waals surface area contributed by atoms with E-state index in [-0.39, 0.29) is 11.4 Å². The van der Waals surface area contributed by atoms with Crippen molar-refractivity contribution < 1.29 is 27.1 Å². The molecule has 27 heavy (non-hydrogen) atoms. The molecule has 0 saturated carbocycles. The molecule has 1 aromatic carbocycles. The van der Waals surface area contributed by atoms with E-state index < -0.39 is 38.8 Å². The number of anilines is 2. The van der Waals surface area contributed by atoms with Crippen LogP contribution in [0, 0.1) is 5.95 Å². The number of esters is 1. The summed E-state index contributed by atoms with van der Waals surface area (Å²) in [7, 11) is -3.33. The van der Waals surface area contributed by atoms with E-state index in [1.54, 1.807) is 11.6 Å². The van der Waals surface area contributed by atoms with E-state index >= 15 is 0 Å². The first-order valence-corrected chi connectivity index (χ1v) is 9.04. The number of benzene rings is 1. The second-order valence-corrected chi connectivity index (χ2v) is 6.63. The van der Waals surface area contributed by atoms with Gasteiger partial charge in [0.2, 0.25) is 11.9 Å². The van der Waals surface area contributed by atoms with Crippen LogP contribution < -0.4 is 15.4 Å². The van der Waals surface area contributed by atoms with Gasteiger partial charge < -0.3 is 10.1 Å². The zero-order valence-corrected chi connectivity index (χ0v) is 15.1. The first-order valence-electron chi connectivity index (χ1n) is 7.56. The van der Waals surface area contributed by atoms with Crippen LogP contribution in [0.1, 0.15) is 17.3 Å². The number of nitrogens with one attached hydrogen (secondary N) is 3. The van der Waals surface area contributed by atoms with E-state index in [4.69, 9.17) is 0 Å². The predicted octanol–water partition coefficient (Wildman–Crippen LogP) is 1.34. The van der Waals surface area contributed by atoms with Crippen LogP contribution >= 0.6 is 0 Å². The van der Waals surface area contributed by atoms with Crippen molar-refractivity contribution in [3.8, 4) is 0 Å². The van der Waals surface area contributed by atoms with Gasteiger partial charge in [0, 0.05) is 12.6 Å². The van der Waals surface area contributed by atoms with Crippen molar-refractivity contribution in [2.24, 2.45) is 0 Å². The molecule has 10 nitrogen and oxygen atoms in total. The molecule has 0 saturated heterocycles. The fraction of sp³-hybridized carbons (Fsp3) is 0.200. The summed E-state index contributed by atoms with van der Waals surface area (Å²) < 4.78 is 44.5. The minimum absolute atomic E-state index is 0.110. The lowest BCUT2D eigenvalue weighted by Crippen LogP contribution is -2.35. The zero-order chi connectivity index (χ0) is 20.0. The van der Waals surface area contributed by atoms with Gasteiger partial charge in [-0.2, -0.15) is 14.4 Å². The molecule has 0 bridgehead atoms. The number of rotatable bonds is 6. The van der Waals surface area contributed by atoms with Crippen LogP contribution in [-0.2, 0) is 14.8 Å². The summed E-state index contributed by atoms with van der Waals surface area (Å²) in [5.41, 5.74) is -0.253. The standard InChI is InChI=1S/C15H16FN5O5S/c1-3-17-12-8-11(16)18-14(19-12)20-15(23)21-27(24,25)10-7-5-4-6-9(10)13(22)26-2/h4-8H,3H2,1-2H3,(H3,17,18,19,20,21,23). The monoisotopic (exact) mass is 397 g/mol. The molecule has 1 aromatic heterocycles. The predicted molar refractivity (Wildman–Crippen MR) is 93.3 cm³/mol. The maximum atomic E-state index is 13.5. The summed E-state index contributed by atoms with van der Waals surface area (Å²) >= 11 is 0. The molecule has 0 spiro atoms. The lowest BCUT2D eigenvalue weighted by molar-refractivity contribution is 0.0596. The van der Waals surface area contributed by atoms with Crippen molar-refractivity contribution in [1.82, 2.24) is 14.7 Å². The average Bonchev–Trinajstić information content (AvgIpc) is 2.60. The van der Waals surface area contributed by atoms with Crippen molar-refractivity contribution in [2.45, 2.75) is 11.8 Å². The van der Waals surface area contributed by atoms with Gasteiger partial charge in [0.15, 0.2) is 0 Å². The molecule has 12 heteroatoms. The van der Waals surface area contributed by atoms with Gasteiger partial charge in [0.1, 0.15) is 10.7 Å². The number of ether oxygens (including phenoxy) is 1. The third-order valence-corrected chi connectivity index (χ3v) is 4.48. The summed E-state index contributed by atoms with van der Waals surface area (Å²) in [4.78, 5) is 30.4. The van der Waals surface area contributed by atoms with Gasteiger partial charge in [-0.3, -0.25) is 5.32 Å². The molecule has 2 aromatic rings. The third kappa shape index (κ3) is 5.10. The Morgan fingerprint density at radius 1 is 1.22 bits per heavy atom. The summed E-state index contributed by atoms with van der Waals surface area (Å²) in [6.07, 6.45) is 0. The number of aromatic nitrogens is 2. The number of urea groups is 1. The zero-order valence-electron chi connectivity index (χ0n) is 14.3. The van der Waals surface area contributed by atoms with Crippen LogP contribution in [-0.4, -0.2) is 44.0 Å². The molecule has 1 heterocycles. The van der Waals surface area contributed by atoms with Crippen LogP contribution in [0.5, 0.6) is 0 Å². The van der Waals surface area contributed by atoms with Crippen molar-refractivity contribution in [1.29, 1.82) is 0 Å².